The summed E-state index contributed by atoms with van der Waals surface area (Å²) < 4.78 is 29.4. The fraction of sp³-hybridized carbons (Fsp3) is 0.154. The molecule has 0 saturated carbocycles. The molecule has 0 aliphatic carbocycles. The number of halogens is 3. The molecular formula is C26H23ClF2N6O2. The SMILES string of the molecule is CC(C)CNC(=O)c1cc(NC(=O)c2cc(-c3nc(N)c(F)cc3F)ccc2Cl)n(-c2ccccc2)n1. The molecule has 0 bridgehead atoms. The highest BCUT2D eigenvalue weighted by atomic mass is 35.5. The van der Waals surface area contributed by atoms with Gasteiger partial charge in [-0.2, -0.15) is 5.10 Å². The van der Waals surface area contributed by atoms with Crippen LogP contribution in [0.4, 0.5) is 20.4 Å². The van der Waals surface area contributed by atoms with Crippen molar-refractivity contribution in [2.45, 2.75) is 13.8 Å². The molecule has 0 atom stereocenters. The second-order valence-electron chi connectivity index (χ2n) is 8.60. The van der Waals surface area contributed by atoms with Gasteiger partial charge in [0.2, 0.25) is 0 Å². The molecule has 8 nitrogen and oxygen atoms in total. The van der Waals surface area contributed by atoms with Crippen LogP contribution in [0.2, 0.25) is 5.02 Å². The Labute approximate surface area is 216 Å². The molecule has 0 fully saturated rings. The van der Waals surface area contributed by atoms with Crippen molar-refractivity contribution < 1.29 is 18.4 Å². The Morgan fingerprint density at radius 2 is 1.76 bits per heavy atom. The Hall–Kier alpha value is -4.31. The maximum Gasteiger partial charge on any atom is 0.271 e. The van der Waals surface area contributed by atoms with Gasteiger partial charge in [0.15, 0.2) is 23.1 Å². The largest absolute Gasteiger partial charge is 0.381 e. The van der Waals surface area contributed by atoms with Crippen LogP contribution in [0.25, 0.3) is 16.9 Å². The maximum absolute atomic E-state index is 14.4. The molecule has 2 heterocycles. The highest BCUT2D eigenvalue weighted by Crippen LogP contribution is 2.28. The van der Waals surface area contributed by atoms with E-state index >= 15 is 0 Å². The van der Waals surface area contributed by atoms with Crippen molar-refractivity contribution in [3.05, 3.63) is 88.6 Å². The van der Waals surface area contributed by atoms with Crippen LogP contribution in [0, 0.1) is 17.6 Å². The summed E-state index contributed by atoms with van der Waals surface area (Å²) in [5.74, 6) is -3.00. The second-order valence-corrected chi connectivity index (χ2v) is 9.01. The molecule has 4 rings (SSSR count). The molecular weight excluding hydrogens is 502 g/mol. The fourth-order valence-electron chi connectivity index (χ4n) is 3.45. The van der Waals surface area contributed by atoms with Crippen LogP contribution in [0.5, 0.6) is 0 Å². The van der Waals surface area contributed by atoms with Gasteiger partial charge in [0.05, 0.1) is 16.3 Å². The third kappa shape index (κ3) is 5.75. The van der Waals surface area contributed by atoms with Gasteiger partial charge in [0.25, 0.3) is 11.8 Å². The number of rotatable bonds is 7. The zero-order valence-electron chi connectivity index (χ0n) is 19.9. The Morgan fingerprint density at radius 1 is 1.03 bits per heavy atom. The van der Waals surface area contributed by atoms with Crippen molar-refractivity contribution in [2.75, 3.05) is 17.6 Å². The zero-order chi connectivity index (χ0) is 26.7. The summed E-state index contributed by atoms with van der Waals surface area (Å²) >= 11 is 6.28. The number of carbonyl (C=O) groups excluding carboxylic acids is 2. The Balaban J connectivity index is 1.69. The van der Waals surface area contributed by atoms with E-state index in [-0.39, 0.29) is 39.3 Å². The molecule has 2 aromatic carbocycles. The molecule has 0 aliphatic rings. The summed E-state index contributed by atoms with van der Waals surface area (Å²) in [6.45, 7) is 4.39. The minimum absolute atomic E-state index is 0.00474. The van der Waals surface area contributed by atoms with Gasteiger partial charge in [-0.3, -0.25) is 9.59 Å². The zero-order valence-corrected chi connectivity index (χ0v) is 20.7. The number of nitrogen functional groups attached to an aromatic ring is 1. The number of hydrogen-bond acceptors (Lipinski definition) is 5. The molecule has 0 unspecified atom stereocenters. The maximum atomic E-state index is 14.4. The van der Waals surface area contributed by atoms with Crippen molar-refractivity contribution >= 4 is 35.1 Å². The van der Waals surface area contributed by atoms with Gasteiger partial charge in [0, 0.05) is 24.2 Å². The van der Waals surface area contributed by atoms with Gasteiger partial charge < -0.3 is 16.4 Å². The molecule has 4 N–H and O–H groups in total. The van der Waals surface area contributed by atoms with E-state index in [4.69, 9.17) is 17.3 Å². The number of para-hydroxylation sites is 1. The highest BCUT2D eigenvalue weighted by molar-refractivity contribution is 6.34. The second kappa shape index (κ2) is 10.8. The van der Waals surface area contributed by atoms with Gasteiger partial charge in [0.1, 0.15) is 11.5 Å². The van der Waals surface area contributed by atoms with Gasteiger partial charge in [-0.15, -0.1) is 0 Å². The summed E-state index contributed by atoms with van der Waals surface area (Å²) in [5.41, 5.74) is 6.13. The highest BCUT2D eigenvalue weighted by Gasteiger charge is 2.21. The number of aromatic nitrogens is 3. The van der Waals surface area contributed by atoms with Crippen LogP contribution >= 0.6 is 11.6 Å². The number of anilines is 2. The van der Waals surface area contributed by atoms with Crippen molar-refractivity contribution in [2.24, 2.45) is 5.92 Å². The van der Waals surface area contributed by atoms with Crippen LogP contribution in [-0.4, -0.2) is 33.1 Å². The third-order valence-electron chi connectivity index (χ3n) is 5.30. The van der Waals surface area contributed by atoms with Crippen LogP contribution in [-0.2, 0) is 0 Å². The molecule has 11 heteroatoms. The predicted molar refractivity (Wildman–Crippen MR) is 138 cm³/mol. The van der Waals surface area contributed by atoms with Crippen molar-refractivity contribution in [1.29, 1.82) is 0 Å². The van der Waals surface area contributed by atoms with E-state index in [1.165, 1.54) is 28.9 Å². The molecule has 2 amide bonds. The fourth-order valence-corrected chi connectivity index (χ4v) is 3.65. The monoisotopic (exact) mass is 524 g/mol. The van der Waals surface area contributed by atoms with E-state index in [0.717, 1.165) is 0 Å². The number of benzene rings is 2. The first kappa shape index (κ1) is 25.8. The lowest BCUT2D eigenvalue weighted by Gasteiger charge is -2.11. The van der Waals surface area contributed by atoms with Gasteiger partial charge in [-0.25, -0.2) is 18.4 Å². The molecule has 2 aromatic heterocycles. The number of nitrogens with zero attached hydrogens (tertiary/aromatic N) is 3. The van der Waals surface area contributed by atoms with Crippen molar-refractivity contribution in [1.82, 2.24) is 20.1 Å². The number of amides is 2. The van der Waals surface area contributed by atoms with E-state index in [2.05, 4.69) is 20.7 Å². The van der Waals surface area contributed by atoms with E-state index in [0.29, 0.717) is 18.3 Å². The standard InChI is InChI=1S/C26H23ClF2N6O2/c1-14(2)13-31-26(37)21-12-22(35(34-21)16-6-4-3-5-7-16)32-25(36)17-10-15(8-9-18(17)27)23-19(28)11-20(29)24(30)33-23/h3-12,14H,13H2,1-2H3,(H2,30,33)(H,31,37)(H,32,36). The van der Waals surface area contributed by atoms with Gasteiger partial charge in [-0.1, -0.05) is 49.7 Å². The smallest absolute Gasteiger partial charge is 0.271 e. The molecule has 0 aliphatic heterocycles. The third-order valence-corrected chi connectivity index (χ3v) is 5.63. The Morgan fingerprint density at radius 3 is 2.46 bits per heavy atom. The van der Waals surface area contributed by atoms with E-state index < -0.39 is 29.3 Å². The summed E-state index contributed by atoms with van der Waals surface area (Å²) in [6, 6.07) is 15.1. The number of carbonyl (C=O) groups is 2. The lowest BCUT2D eigenvalue weighted by atomic mass is 10.1. The summed E-state index contributed by atoms with van der Waals surface area (Å²) in [4.78, 5) is 29.7. The normalized spacial score (nSPS) is 11.0. The lowest BCUT2D eigenvalue weighted by Crippen LogP contribution is -2.27. The predicted octanol–water partition coefficient (Wildman–Crippen LogP) is 5.09. The van der Waals surface area contributed by atoms with Crippen molar-refractivity contribution in [3.8, 4) is 16.9 Å². The Kier molecular flexibility index (Phi) is 7.49. The average molecular weight is 525 g/mol. The number of pyridine rings is 1. The minimum atomic E-state index is -0.990. The molecule has 0 radical (unpaired) electrons. The first-order valence-electron chi connectivity index (χ1n) is 11.3. The quantitative estimate of drug-likeness (QED) is 0.311. The number of nitrogens with two attached hydrogens (primary N) is 1. The summed E-state index contributed by atoms with van der Waals surface area (Å²) in [7, 11) is 0. The number of hydrogen-bond donors (Lipinski definition) is 3. The summed E-state index contributed by atoms with van der Waals surface area (Å²) in [5, 5.41) is 9.97. The molecule has 0 spiro atoms. The topological polar surface area (TPSA) is 115 Å². The van der Waals surface area contributed by atoms with Crippen LogP contribution in [0.15, 0.2) is 60.7 Å². The van der Waals surface area contributed by atoms with E-state index in [1.807, 2.05) is 19.9 Å². The van der Waals surface area contributed by atoms with Crippen LogP contribution in [0.3, 0.4) is 0 Å². The first-order chi connectivity index (χ1) is 17.6. The van der Waals surface area contributed by atoms with E-state index in [9.17, 15) is 18.4 Å². The Bertz CT molecular complexity index is 1470. The van der Waals surface area contributed by atoms with Gasteiger partial charge >= 0.3 is 0 Å². The van der Waals surface area contributed by atoms with Gasteiger partial charge in [-0.05, 0) is 30.2 Å². The van der Waals surface area contributed by atoms with E-state index in [1.54, 1.807) is 24.3 Å². The molecule has 0 saturated heterocycles. The average Bonchev–Trinajstić information content (AvgIpc) is 3.29. The minimum Gasteiger partial charge on any atom is -0.381 e. The summed E-state index contributed by atoms with van der Waals surface area (Å²) in [6.07, 6.45) is 0. The van der Waals surface area contributed by atoms with Crippen LogP contribution < -0.4 is 16.4 Å². The molecule has 4 aromatic rings. The lowest BCUT2D eigenvalue weighted by molar-refractivity contribution is 0.0942. The molecule has 37 heavy (non-hydrogen) atoms. The molecule has 190 valence electrons. The first-order valence-corrected chi connectivity index (χ1v) is 11.7. The van der Waals surface area contributed by atoms with Crippen molar-refractivity contribution in [3.63, 3.8) is 0 Å². The number of nitrogens with one attached hydrogen (secondary N) is 2. The van der Waals surface area contributed by atoms with Crippen LogP contribution in [0.1, 0.15) is 34.7 Å².